The van der Waals surface area contributed by atoms with Gasteiger partial charge in [0.2, 0.25) is 0 Å². The number of hydrogen-bond acceptors (Lipinski definition) is 4. The van der Waals surface area contributed by atoms with Gasteiger partial charge in [0.05, 0.1) is 6.26 Å². The van der Waals surface area contributed by atoms with Gasteiger partial charge in [0.1, 0.15) is 17.6 Å². The fourth-order valence-corrected chi connectivity index (χ4v) is 4.25. The molecule has 0 radical (unpaired) electrons. The van der Waals surface area contributed by atoms with Crippen LogP contribution in [0.2, 0.25) is 0 Å². The zero-order valence-electron chi connectivity index (χ0n) is 12.7. The maximum absolute atomic E-state index is 5.64. The third-order valence-electron chi connectivity index (χ3n) is 4.13. The van der Waals surface area contributed by atoms with Crippen molar-refractivity contribution in [1.29, 1.82) is 0 Å². The van der Waals surface area contributed by atoms with Crippen molar-refractivity contribution in [2.75, 3.05) is 5.75 Å². The lowest BCUT2D eigenvalue weighted by Gasteiger charge is -2.21. The molecule has 0 aromatic carbocycles. The Bertz CT molecular complexity index is 552. The first-order valence-electron chi connectivity index (χ1n) is 7.66. The number of hydrogen-bond donors (Lipinski definition) is 1. The van der Waals surface area contributed by atoms with Crippen molar-refractivity contribution in [2.45, 2.75) is 43.5 Å². The number of furan rings is 1. The van der Waals surface area contributed by atoms with Crippen LogP contribution in [-0.2, 0) is 7.05 Å². The molecule has 0 spiro atoms. The van der Waals surface area contributed by atoms with E-state index in [1.54, 1.807) is 6.26 Å². The largest absolute Gasteiger partial charge is 0.467 e. The minimum Gasteiger partial charge on any atom is -0.467 e. The molecule has 1 aliphatic carbocycles. The number of rotatable bonds is 6. The average Bonchev–Trinajstić information content (AvgIpc) is 3.18. The highest BCUT2D eigenvalue weighted by atomic mass is 32.2. The Morgan fingerprint density at radius 2 is 2.43 bits per heavy atom. The van der Waals surface area contributed by atoms with E-state index in [0.717, 1.165) is 16.8 Å². The molecule has 5 heteroatoms. The summed E-state index contributed by atoms with van der Waals surface area (Å²) in [6.45, 7) is 2.24. The van der Waals surface area contributed by atoms with E-state index in [4.69, 9.17) is 4.42 Å². The third-order valence-corrected chi connectivity index (χ3v) is 5.37. The highest BCUT2D eigenvalue weighted by Gasteiger charge is 2.29. The molecule has 3 rings (SSSR count). The molecule has 0 amide bonds. The molecule has 1 fully saturated rings. The van der Waals surface area contributed by atoms with Crippen LogP contribution in [0.1, 0.15) is 43.8 Å². The Hall–Kier alpha value is -1.20. The van der Waals surface area contributed by atoms with Crippen LogP contribution in [0.4, 0.5) is 0 Å². The van der Waals surface area contributed by atoms with Gasteiger partial charge in [-0.05, 0) is 37.1 Å². The predicted octanol–water partition coefficient (Wildman–Crippen LogP) is 3.37. The molecular formula is C16H23N3OS. The summed E-state index contributed by atoms with van der Waals surface area (Å²) in [7, 11) is 2.03. The second-order valence-corrected chi connectivity index (χ2v) is 7.18. The highest BCUT2D eigenvalue weighted by molar-refractivity contribution is 7.99. The standard InChI is InChI=1S/C16H23N3OS/c1-3-21-13-7-6-12(11-13)18-15(14-5-4-10-20-14)16-17-8-9-19(16)2/h4-5,8-10,12-13,15,18H,3,6-7,11H2,1-2H3. The normalized spacial score (nSPS) is 23.5. The molecule has 2 aromatic heterocycles. The molecule has 3 unspecified atom stereocenters. The lowest BCUT2D eigenvalue weighted by atomic mass is 10.1. The van der Waals surface area contributed by atoms with Crippen LogP contribution in [0.15, 0.2) is 35.2 Å². The van der Waals surface area contributed by atoms with Crippen LogP contribution in [0.3, 0.4) is 0 Å². The summed E-state index contributed by atoms with van der Waals surface area (Å²) in [6, 6.07) is 4.55. The summed E-state index contributed by atoms with van der Waals surface area (Å²) in [6.07, 6.45) is 9.34. The molecule has 0 bridgehead atoms. The van der Waals surface area contributed by atoms with E-state index in [1.165, 1.54) is 25.0 Å². The number of thioether (sulfide) groups is 1. The van der Waals surface area contributed by atoms with Gasteiger partial charge in [-0.1, -0.05) is 6.92 Å². The van der Waals surface area contributed by atoms with Gasteiger partial charge in [0.25, 0.3) is 0 Å². The molecule has 1 saturated carbocycles. The van der Waals surface area contributed by atoms with Crippen LogP contribution in [0.5, 0.6) is 0 Å². The topological polar surface area (TPSA) is 43.0 Å². The molecule has 1 N–H and O–H groups in total. The smallest absolute Gasteiger partial charge is 0.133 e. The van der Waals surface area contributed by atoms with Crippen molar-refractivity contribution in [3.05, 3.63) is 42.4 Å². The second kappa shape index (κ2) is 6.71. The van der Waals surface area contributed by atoms with Gasteiger partial charge < -0.3 is 8.98 Å². The first kappa shape index (κ1) is 14.7. The van der Waals surface area contributed by atoms with Crippen molar-refractivity contribution in [2.24, 2.45) is 7.05 Å². The summed E-state index contributed by atoms with van der Waals surface area (Å²) < 4.78 is 7.70. The van der Waals surface area contributed by atoms with Gasteiger partial charge in [-0.2, -0.15) is 11.8 Å². The molecule has 1 aliphatic rings. The summed E-state index contributed by atoms with van der Waals surface area (Å²) in [5.41, 5.74) is 0. The molecule has 21 heavy (non-hydrogen) atoms. The predicted molar refractivity (Wildman–Crippen MR) is 86.5 cm³/mol. The third kappa shape index (κ3) is 3.35. The van der Waals surface area contributed by atoms with E-state index in [9.17, 15) is 0 Å². The van der Waals surface area contributed by atoms with E-state index in [2.05, 4.69) is 33.6 Å². The van der Waals surface area contributed by atoms with Crippen LogP contribution < -0.4 is 5.32 Å². The molecule has 4 nitrogen and oxygen atoms in total. The lowest BCUT2D eigenvalue weighted by Crippen LogP contribution is -2.33. The van der Waals surface area contributed by atoms with Crippen LogP contribution in [0, 0.1) is 0 Å². The molecule has 0 saturated heterocycles. The molecule has 0 aliphatic heterocycles. The Kier molecular flexibility index (Phi) is 4.70. The van der Waals surface area contributed by atoms with Gasteiger partial charge in [-0.25, -0.2) is 4.98 Å². The maximum Gasteiger partial charge on any atom is 0.133 e. The van der Waals surface area contributed by atoms with E-state index in [-0.39, 0.29) is 6.04 Å². The number of aromatic nitrogens is 2. The summed E-state index contributed by atoms with van der Waals surface area (Å²) in [5.74, 6) is 3.16. The zero-order chi connectivity index (χ0) is 14.7. The van der Waals surface area contributed by atoms with Crippen molar-refractivity contribution in [1.82, 2.24) is 14.9 Å². The first-order chi connectivity index (χ1) is 10.3. The monoisotopic (exact) mass is 305 g/mol. The summed E-state index contributed by atoms with van der Waals surface area (Å²) >= 11 is 2.08. The van der Waals surface area contributed by atoms with Gasteiger partial charge >= 0.3 is 0 Å². The first-order valence-corrected chi connectivity index (χ1v) is 8.71. The van der Waals surface area contributed by atoms with E-state index in [0.29, 0.717) is 6.04 Å². The van der Waals surface area contributed by atoms with Crippen LogP contribution in [0.25, 0.3) is 0 Å². The highest BCUT2D eigenvalue weighted by Crippen LogP contribution is 2.32. The minimum absolute atomic E-state index is 0.0374. The van der Waals surface area contributed by atoms with Crippen molar-refractivity contribution in [3.8, 4) is 0 Å². The Morgan fingerprint density at radius 1 is 1.52 bits per heavy atom. The van der Waals surface area contributed by atoms with Gasteiger partial charge in [-0.3, -0.25) is 5.32 Å². The summed E-state index contributed by atoms with van der Waals surface area (Å²) in [4.78, 5) is 4.50. The van der Waals surface area contributed by atoms with Gasteiger partial charge in [-0.15, -0.1) is 0 Å². The molecular weight excluding hydrogens is 282 g/mol. The minimum atomic E-state index is 0.0374. The van der Waals surface area contributed by atoms with E-state index in [1.807, 2.05) is 31.6 Å². The lowest BCUT2D eigenvalue weighted by molar-refractivity contribution is 0.391. The summed E-state index contributed by atoms with van der Waals surface area (Å²) in [5, 5.41) is 4.56. The van der Waals surface area contributed by atoms with Crippen LogP contribution in [-0.4, -0.2) is 26.6 Å². The zero-order valence-corrected chi connectivity index (χ0v) is 13.5. The Morgan fingerprint density at radius 3 is 3.10 bits per heavy atom. The maximum atomic E-state index is 5.64. The fraction of sp³-hybridized carbons (Fsp3) is 0.562. The Labute approximate surface area is 130 Å². The van der Waals surface area contributed by atoms with Crippen molar-refractivity contribution < 1.29 is 4.42 Å². The van der Waals surface area contributed by atoms with E-state index >= 15 is 0 Å². The van der Waals surface area contributed by atoms with Gasteiger partial charge in [0, 0.05) is 30.7 Å². The molecule has 3 atom stereocenters. The molecule has 2 heterocycles. The van der Waals surface area contributed by atoms with Crippen LogP contribution >= 0.6 is 11.8 Å². The van der Waals surface area contributed by atoms with Crippen molar-refractivity contribution >= 4 is 11.8 Å². The molecule has 2 aromatic rings. The quantitative estimate of drug-likeness (QED) is 0.888. The number of nitrogens with zero attached hydrogens (tertiary/aromatic N) is 2. The van der Waals surface area contributed by atoms with E-state index < -0.39 is 0 Å². The molecule has 114 valence electrons. The van der Waals surface area contributed by atoms with Gasteiger partial charge in [0.15, 0.2) is 0 Å². The number of nitrogens with one attached hydrogen (secondary N) is 1. The number of imidazole rings is 1. The Balaban J connectivity index is 1.74. The SMILES string of the molecule is CCSC1CCC(NC(c2ccco2)c2nccn2C)C1. The van der Waals surface area contributed by atoms with Crippen molar-refractivity contribution in [3.63, 3.8) is 0 Å². The second-order valence-electron chi connectivity index (χ2n) is 5.60. The fourth-order valence-electron chi connectivity index (χ4n) is 3.11. The average molecular weight is 305 g/mol. The number of aryl methyl sites for hydroxylation is 1.